The molecule has 1 aromatic carbocycles. The average Bonchev–Trinajstić information content (AvgIpc) is 2.01. The highest BCUT2D eigenvalue weighted by atomic mass is 35.5. The summed E-state index contributed by atoms with van der Waals surface area (Å²) >= 11 is 5.79. The van der Waals surface area contributed by atoms with E-state index in [-0.39, 0.29) is 12.4 Å². The van der Waals surface area contributed by atoms with Crippen LogP contribution in [0.1, 0.15) is 12.0 Å². The Labute approximate surface area is 84.3 Å². The van der Waals surface area contributed by atoms with E-state index in [1.54, 1.807) is 0 Å². The van der Waals surface area contributed by atoms with Gasteiger partial charge in [-0.25, -0.2) is 0 Å². The lowest BCUT2D eigenvalue weighted by atomic mass is 10.1. The number of hydrogen-bond acceptors (Lipinski definition) is 1. The molecule has 0 aliphatic carbocycles. The van der Waals surface area contributed by atoms with Crippen molar-refractivity contribution < 1.29 is 0 Å². The quantitative estimate of drug-likeness (QED) is 0.808. The van der Waals surface area contributed by atoms with E-state index >= 15 is 0 Å². The van der Waals surface area contributed by atoms with Crippen molar-refractivity contribution in [3.63, 3.8) is 0 Å². The molecule has 0 aliphatic heterocycles. The summed E-state index contributed by atoms with van der Waals surface area (Å²) in [6.45, 7) is 0.743. The van der Waals surface area contributed by atoms with Crippen molar-refractivity contribution in [3.05, 3.63) is 34.9 Å². The number of hydrogen-bond donors (Lipinski definition) is 1. The Hall–Kier alpha value is -0.240. The predicted molar refractivity (Wildman–Crippen MR) is 56.1 cm³/mol. The van der Waals surface area contributed by atoms with Crippen molar-refractivity contribution in [2.45, 2.75) is 12.8 Å². The molecule has 3 heteroatoms. The molecular formula is C9H13Cl2N. The predicted octanol–water partition coefficient (Wildman–Crippen LogP) is 2.65. The largest absolute Gasteiger partial charge is 0.330 e. The molecule has 0 fully saturated rings. The second-order valence-electron chi connectivity index (χ2n) is 2.52. The van der Waals surface area contributed by atoms with Crippen LogP contribution in [0, 0.1) is 0 Å². The summed E-state index contributed by atoms with van der Waals surface area (Å²) in [5.74, 6) is 0. The maximum atomic E-state index is 5.79. The van der Waals surface area contributed by atoms with Gasteiger partial charge < -0.3 is 5.73 Å². The molecule has 68 valence electrons. The van der Waals surface area contributed by atoms with Gasteiger partial charge in [0.1, 0.15) is 0 Å². The molecule has 0 aliphatic rings. The first-order valence-electron chi connectivity index (χ1n) is 3.77. The Bertz CT molecular complexity index is 226. The van der Waals surface area contributed by atoms with E-state index < -0.39 is 0 Å². The summed E-state index contributed by atoms with van der Waals surface area (Å²) in [6, 6.07) is 7.90. The lowest BCUT2D eigenvalue weighted by Gasteiger charge is -1.98. The molecule has 0 unspecified atom stereocenters. The van der Waals surface area contributed by atoms with Gasteiger partial charge in [-0.15, -0.1) is 12.4 Å². The number of aryl methyl sites for hydroxylation is 1. The molecule has 1 aromatic rings. The second kappa shape index (κ2) is 6.30. The van der Waals surface area contributed by atoms with Gasteiger partial charge in [-0.3, -0.25) is 0 Å². The first-order valence-corrected chi connectivity index (χ1v) is 4.15. The van der Waals surface area contributed by atoms with Gasteiger partial charge in [0, 0.05) is 5.02 Å². The molecule has 0 saturated carbocycles. The molecular weight excluding hydrogens is 193 g/mol. The van der Waals surface area contributed by atoms with Crippen molar-refractivity contribution in [2.24, 2.45) is 5.73 Å². The third kappa shape index (κ3) is 3.96. The van der Waals surface area contributed by atoms with Crippen LogP contribution in [0.25, 0.3) is 0 Å². The first kappa shape index (κ1) is 11.8. The van der Waals surface area contributed by atoms with Gasteiger partial charge >= 0.3 is 0 Å². The van der Waals surface area contributed by atoms with Crippen LogP contribution >= 0.6 is 24.0 Å². The molecule has 0 radical (unpaired) electrons. The zero-order chi connectivity index (χ0) is 8.10. The lowest BCUT2D eigenvalue weighted by molar-refractivity contribution is 0.833. The van der Waals surface area contributed by atoms with Gasteiger partial charge in [0.25, 0.3) is 0 Å². The summed E-state index contributed by atoms with van der Waals surface area (Å²) in [5.41, 5.74) is 6.65. The Kier molecular flexibility index (Phi) is 6.17. The van der Waals surface area contributed by atoms with E-state index in [1.165, 1.54) is 5.56 Å². The van der Waals surface area contributed by atoms with Crippen LogP contribution in [-0.2, 0) is 6.42 Å². The number of rotatable bonds is 3. The minimum absolute atomic E-state index is 0. The summed E-state index contributed by atoms with van der Waals surface area (Å²) in [7, 11) is 0. The average molecular weight is 206 g/mol. The van der Waals surface area contributed by atoms with Crippen molar-refractivity contribution in [3.8, 4) is 0 Å². The van der Waals surface area contributed by atoms with Gasteiger partial charge in [-0.1, -0.05) is 23.7 Å². The zero-order valence-electron chi connectivity index (χ0n) is 6.79. The highest BCUT2D eigenvalue weighted by molar-refractivity contribution is 6.30. The smallest absolute Gasteiger partial charge is 0.0408 e. The fraction of sp³-hybridized carbons (Fsp3) is 0.333. The lowest BCUT2D eigenvalue weighted by Crippen LogP contribution is -1.99. The van der Waals surface area contributed by atoms with E-state index in [1.807, 2.05) is 18.2 Å². The van der Waals surface area contributed by atoms with E-state index in [0.29, 0.717) is 0 Å². The maximum Gasteiger partial charge on any atom is 0.0408 e. The fourth-order valence-electron chi connectivity index (χ4n) is 0.999. The monoisotopic (exact) mass is 205 g/mol. The van der Waals surface area contributed by atoms with Gasteiger partial charge in [-0.2, -0.15) is 0 Å². The second-order valence-corrected chi connectivity index (χ2v) is 2.96. The summed E-state index contributed by atoms with van der Waals surface area (Å²) in [4.78, 5) is 0. The van der Waals surface area contributed by atoms with Gasteiger partial charge in [-0.05, 0) is 37.1 Å². The summed E-state index contributed by atoms with van der Waals surface area (Å²) < 4.78 is 0. The van der Waals surface area contributed by atoms with Crippen LogP contribution in [0.5, 0.6) is 0 Å². The Morgan fingerprint density at radius 1 is 1.33 bits per heavy atom. The molecule has 1 nitrogen and oxygen atoms in total. The number of nitrogens with two attached hydrogens (primary N) is 1. The zero-order valence-corrected chi connectivity index (χ0v) is 8.37. The molecule has 0 spiro atoms. The SMILES string of the molecule is Cl.NCCCc1cccc(Cl)c1. The van der Waals surface area contributed by atoms with E-state index in [2.05, 4.69) is 6.07 Å². The molecule has 0 atom stereocenters. The van der Waals surface area contributed by atoms with Gasteiger partial charge in [0.15, 0.2) is 0 Å². The van der Waals surface area contributed by atoms with Crippen molar-refractivity contribution in [1.29, 1.82) is 0 Å². The first-order chi connectivity index (χ1) is 5.33. The van der Waals surface area contributed by atoms with Crippen LogP contribution in [0.15, 0.2) is 24.3 Å². The Balaban J connectivity index is 0.00000121. The standard InChI is InChI=1S/C9H12ClN.ClH/c10-9-5-1-3-8(7-9)4-2-6-11;/h1,3,5,7H,2,4,6,11H2;1H. The topological polar surface area (TPSA) is 26.0 Å². The third-order valence-corrected chi connectivity index (χ3v) is 1.79. The normalized spacial score (nSPS) is 9.17. The molecule has 0 amide bonds. The fourth-order valence-corrected chi connectivity index (χ4v) is 1.21. The van der Waals surface area contributed by atoms with Crippen LogP contribution in [0.2, 0.25) is 5.02 Å². The number of benzene rings is 1. The van der Waals surface area contributed by atoms with Crippen molar-refractivity contribution >= 4 is 24.0 Å². The number of halogens is 2. The van der Waals surface area contributed by atoms with E-state index in [9.17, 15) is 0 Å². The summed E-state index contributed by atoms with van der Waals surface area (Å²) in [6.07, 6.45) is 2.05. The maximum absolute atomic E-state index is 5.79. The van der Waals surface area contributed by atoms with E-state index in [4.69, 9.17) is 17.3 Å². The van der Waals surface area contributed by atoms with Crippen LogP contribution < -0.4 is 5.73 Å². The van der Waals surface area contributed by atoms with Crippen molar-refractivity contribution in [1.82, 2.24) is 0 Å². The van der Waals surface area contributed by atoms with Crippen LogP contribution in [-0.4, -0.2) is 6.54 Å². The highest BCUT2D eigenvalue weighted by Gasteiger charge is 1.92. The molecule has 1 rings (SSSR count). The van der Waals surface area contributed by atoms with E-state index in [0.717, 1.165) is 24.4 Å². The summed E-state index contributed by atoms with van der Waals surface area (Å²) in [5, 5.41) is 0.805. The van der Waals surface area contributed by atoms with Crippen LogP contribution in [0.3, 0.4) is 0 Å². The Morgan fingerprint density at radius 3 is 2.67 bits per heavy atom. The molecule has 0 bridgehead atoms. The third-order valence-electron chi connectivity index (χ3n) is 1.56. The van der Waals surface area contributed by atoms with Gasteiger partial charge in [0.05, 0.1) is 0 Å². The molecule has 12 heavy (non-hydrogen) atoms. The minimum atomic E-state index is 0. The minimum Gasteiger partial charge on any atom is -0.330 e. The van der Waals surface area contributed by atoms with Crippen molar-refractivity contribution in [2.75, 3.05) is 6.54 Å². The molecule has 0 saturated heterocycles. The van der Waals surface area contributed by atoms with Gasteiger partial charge in [0.2, 0.25) is 0 Å². The highest BCUT2D eigenvalue weighted by Crippen LogP contribution is 2.11. The molecule has 2 N–H and O–H groups in total. The van der Waals surface area contributed by atoms with Crippen LogP contribution in [0.4, 0.5) is 0 Å². The molecule has 0 heterocycles. The molecule has 0 aromatic heterocycles. The Morgan fingerprint density at radius 2 is 2.08 bits per heavy atom.